The summed E-state index contributed by atoms with van der Waals surface area (Å²) in [6.07, 6.45) is 0. The number of fused-ring (bicyclic) bond motifs is 1. The van der Waals surface area contributed by atoms with Crippen LogP contribution in [0.25, 0.3) is 0 Å². The lowest BCUT2D eigenvalue weighted by Gasteiger charge is -2.19. The highest BCUT2D eigenvalue weighted by Crippen LogP contribution is 2.43. The minimum absolute atomic E-state index is 0.0615. The van der Waals surface area contributed by atoms with E-state index in [0.717, 1.165) is 0 Å². The molecule has 14 heavy (non-hydrogen) atoms. The number of phenolic OH excluding ortho intramolecular Hbond substituents is 1. The molecule has 0 amide bonds. The van der Waals surface area contributed by atoms with E-state index in [9.17, 15) is 10.2 Å². The predicted octanol–water partition coefficient (Wildman–Crippen LogP) is 1.35. The first kappa shape index (κ1) is 9.15. The summed E-state index contributed by atoms with van der Waals surface area (Å²) in [5.41, 5.74) is -0.527. The number of phenols is 1. The Hall–Kier alpha value is -1.42. The third-order valence-corrected chi connectivity index (χ3v) is 2.12. The van der Waals surface area contributed by atoms with E-state index in [4.69, 9.17) is 9.47 Å². The predicted molar refractivity (Wildman–Crippen MR) is 49.5 cm³/mol. The van der Waals surface area contributed by atoms with E-state index in [0.29, 0.717) is 17.1 Å². The van der Waals surface area contributed by atoms with Gasteiger partial charge in [0.15, 0.2) is 11.5 Å². The first-order chi connectivity index (χ1) is 6.48. The van der Waals surface area contributed by atoms with Gasteiger partial charge in [-0.1, -0.05) is 0 Å². The van der Waals surface area contributed by atoms with Crippen LogP contribution in [0.1, 0.15) is 19.4 Å². The van der Waals surface area contributed by atoms with Gasteiger partial charge in [0, 0.05) is 11.6 Å². The van der Waals surface area contributed by atoms with Crippen molar-refractivity contribution in [1.82, 2.24) is 0 Å². The average molecular weight is 196 g/mol. The first-order valence-electron chi connectivity index (χ1n) is 4.34. The summed E-state index contributed by atoms with van der Waals surface area (Å²) in [7, 11) is 0. The number of hydrogen-bond donors (Lipinski definition) is 2. The Morgan fingerprint density at radius 2 is 2.00 bits per heavy atom. The first-order valence-corrected chi connectivity index (χ1v) is 4.34. The number of aliphatic hydroxyl groups is 1. The molecule has 1 aliphatic heterocycles. The number of rotatable bonds is 1. The number of benzene rings is 1. The highest BCUT2D eigenvalue weighted by Gasteiger charge is 2.28. The van der Waals surface area contributed by atoms with Crippen LogP contribution >= 0.6 is 0 Å². The van der Waals surface area contributed by atoms with E-state index in [2.05, 4.69) is 0 Å². The third kappa shape index (κ3) is 1.37. The second-order valence-corrected chi connectivity index (χ2v) is 3.79. The molecule has 1 heterocycles. The van der Waals surface area contributed by atoms with Gasteiger partial charge in [-0.05, 0) is 19.9 Å². The van der Waals surface area contributed by atoms with Crippen molar-refractivity contribution in [3.05, 3.63) is 17.7 Å². The van der Waals surface area contributed by atoms with Crippen molar-refractivity contribution in [3.63, 3.8) is 0 Å². The maximum Gasteiger partial charge on any atom is 0.231 e. The van der Waals surface area contributed by atoms with Crippen molar-refractivity contribution in [2.45, 2.75) is 19.4 Å². The van der Waals surface area contributed by atoms with Gasteiger partial charge in [0.25, 0.3) is 0 Å². The highest BCUT2D eigenvalue weighted by atomic mass is 16.7. The van der Waals surface area contributed by atoms with Gasteiger partial charge < -0.3 is 19.7 Å². The summed E-state index contributed by atoms with van der Waals surface area (Å²) in [5, 5.41) is 19.2. The quantitative estimate of drug-likeness (QED) is 0.711. The standard InChI is InChI=1S/C10H12O4/c1-10(2,12)7-3-6(11)4-8-9(7)14-5-13-8/h3-4,11-12H,5H2,1-2H3. The number of hydrogen-bond acceptors (Lipinski definition) is 4. The zero-order valence-corrected chi connectivity index (χ0v) is 8.07. The Labute approximate surface area is 81.7 Å². The molecule has 1 aliphatic rings. The minimum atomic E-state index is -1.06. The molecule has 0 saturated carbocycles. The summed E-state index contributed by atoms with van der Waals surface area (Å²) in [5.74, 6) is 1.05. The van der Waals surface area contributed by atoms with Gasteiger partial charge in [0.2, 0.25) is 6.79 Å². The van der Waals surface area contributed by atoms with Crippen molar-refractivity contribution in [1.29, 1.82) is 0 Å². The van der Waals surface area contributed by atoms with E-state index >= 15 is 0 Å². The maximum atomic E-state index is 9.83. The van der Waals surface area contributed by atoms with Gasteiger partial charge in [-0.15, -0.1) is 0 Å². The summed E-state index contributed by atoms with van der Waals surface area (Å²) in [4.78, 5) is 0. The van der Waals surface area contributed by atoms with E-state index in [1.807, 2.05) is 0 Å². The van der Waals surface area contributed by atoms with Crippen LogP contribution in [0.5, 0.6) is 17.2 Å². The van der Waals surface area contributed by atoms with Gasteiger partial charge in [-0.2, -0.15) is 0 Å². The molecule has 0 atom stereocenters. The molecule has 1 aromatic carbocycles. The molecule has 0 aliphatic carbocycles. The molecule has 0 saturated heterocycles. The Balaban J connectivity index is 2.60. The molecular weight excluding hydrogens is 184 g/mol. The molecule has 0 unspecified atom stereocenters. The second-order valence-electron chi connectivity index (χ2n) is 3.79. The van der Waals surface area contributed by atoms with Crippen LogP contribution in [0.3, 0.4) is 0 Å². The van der Waals surface area contributed by atoms with Gasteiger partial charge in [-0.3, -0.25) is 0 Å². The molecule has 4 heteroatoms. The molecule has 0 radical (unpaired) electrons. The van der Waals surface area contributed by atoms with Crippen LogP contribution in [0, 0.1) is 0 Å². The Morgan fingerprint density at radius 3 is 2.64 bits per heavy atom. The van der Waals surface area contributed by atoms with Crippen LogP contribution in [0.15, 0.2) is 12.1 Å². The lowest BCUT2D eigenvalue weighted by Crippen LogP contribution is -2.16. The topological polar surface area (TPSA) is 58.9 Å². The highest BCUT2D eigenvalue weighted by molar-refractivity contribution is 5.54. The molecule has 0 fully saturated rings. The SMILES string of the molecule is CC(C)(O)c1cc(O)cc2c1OCO2. The van der Waals surface area contributed by atoms with Crippen molar-refractivity contribution in [3.8, 4) is 17.2 Å². The van der Waals surface area contributed by atoms with Crippen molar-refractivity contribution < 1.29 is 19.7 Å². The zero-order valence-electron chi connectivity index (χ0n) is 8.07. The number of ether oxygens (including phenoxy) is 2. The lowest BCUT2D eigenvalue weighted by atomic mass is 9.97. The molecule has 2 rings (SSSR count). The second kappa shape index (κ2) is 2.78. The molecule has 0 aromatic heterocycles. The molecule has 0 bridgehead atoms. The van der Waals surface area contributed by atoms with Crippen LogP contribution in [-0.4, -0.2) is 17.0 Å². The van der Waals surface area contributed by atoms with E-state index in [1.54, 1.807) is 13.8 Å². The lowest BCUT2D eigenvalue weighted by molar-refractivity contribution is 0.0741. The van der Waals surface area contributed by atoms with Crippen molar-refractivity contribution in [2.24, 2.45) is 0 Å². The van der Waals surface area contributed by atoms with Gasteiger partial charge >= 0.3 is 0 Å². The monoisotopic (exact) mass is 196 g/mol. The smallest absolute Gasteiger partial charge is 0.231 e. The van der Waals surface area contributed by atoms with Crippen LogP contribution in [0.4, 0.5) is 0 Å². The fourth-order valence-electron chi connectivity index (χ4n) is 1.45. The molecular formula is C10H12O4. The molecule has 0 spiro atoms. The largest absolute Gasteiger partial charge is 0.508 e. The van der Waals surface area contributed by atoms with Crippen LogP contribution < -0.4 is 9.47 Å². The summed E-state index contributed by atoms with van der Waals surface area (Å²) >= 11 is 0. The van der Waals surface area contributed by atoms with Crippen molar-refractivity contribution in [2.75, 3.05) is 6.79 Å². The minimum Gasteiger partial charge on any atom is -0.508 e. The van der Waals surface area contributed by atoms with Gasteiger partial charge in [-0.25, -0.2) is 0 Å². The normalized spacial score (nSPS) is 14.5. The fourth-order valence-corrected chi connectivity index (χ4v) is 1.45. The molecule has 1 aromatic rings. The molecule has 2 N–H and O–H groups in total. The van der Waals surface area contributed by atoms with Gasteiger partial charge in [0.05, 0.1) is 5.60 Å². The van der Waals surface area contributed by atoms with E-state index < -0.39 is 5.60 Å². The summed E-state index contributed by atoms with van der Waals surface area (Å²) < 4.78 is 10.3. The average Bonchev–Trinajstić information content (AvgIpc) is 2.47. The Bertz CT molecular complexity index is 365. The summed E-state index contributed by atoms with van der Waals surface area (Å²) in [6, 6.07) is 2.95. The maximum absolute atomic E-state index is 9.83. The Kier molecular flexibility index (Phi) is 1.82. The summed E-state index contributed by atoms with van der Waals surface area (Å²) in [6.45, 7) is 3.38. The van der Waals surface area contributed by atoms with E-state index in [1.165, 1.54) is 12.1 Å². The zero-order chi connectivity index (χ0) is 10.3. The molecule has 4 nitrogen and oxygen atoms in total. The molecule has 76 valence electrons. The fraction of sp³-hybridized carbons (Fsp3) is 0.400. The van der Waals surface area contributed by atoms with Gasteiger partial charge in [0.1, 0.15) is 5.75 Å². The van der Waals surface area contributed by atoms with Crippen LogP contribution in [0.2, 0.25) is 0 Å². The van der Waals surface area contributed by atoms with E-state index in [-0.39, 0.29) is 12.5 Å². The number of aromatic hydroxyl groups is 1. The Morgan fingerprint density at radius 1 is 1.29 bits per heavy atom. The third-order valence-electron chi connectivity index (χ3n) is 2.12. The van der Waals surface area contributed by atoms with Crippen LogP contribution in [-0.2, 0) is 5.60 Å². The van der Waals surface area contributed by atoms with Crippen molar-refractivity contribution >= 4 is 0 Å².